The van der Waals surface area contributed by atoms with Gasteiger partial charge in [-0.15, -0.1) is 11.8 Å². The van der Waals surface area contributed by atoms with Crippen LogP contribution in [0.4, 0.5) is 0 Å². The Balaban J connectivity index is 2.46. The molecule has 0 bridgehead atoms. The number of carbonyl (C=O) groups excluding carboxylic acids is 1. The van der Waals surface area contributed by atoms with Crippen molar-refractivity contribution in [2.45, 2.75) is 37.7 Å². The van der Waals surface area contributed by atoms with Gasteiger partial charge in [0.2, 0.25) is 0 Å². The monoisotopic (exact) mass is 220 g/mol. The van der Waals surface area contributed by atoms with Crippen molar-refractivity contribution in [3.8, 4) is 0 Å². The van der Waals surface area contributed by atoms with E-state index in [1.54, 1.807) is 11.8 Å². The van der Waals surface area contributed by atoms with E-state index < -0.39 is 0 Å². The zero-order chi connectivity index (χ0) is 11.0. The normalized spacial score (nSPS) is 20.5. The number of thioether (sulfide) groups is 1. The average molecular weight is 220 g/mol. The molecule has 1 atom stereocenters. The number of benzene rings is 1. The molecule has 0 radical (unpaired) electrons. The molecule has 0 saturated carbocycles. The summed E-state index contributed by atoms with van der Waals surface area (Å²) < 4.78 is 0. The predicted molar refractivity (Wildman–Crippen MR) is 65.6 cm³/mol. The van der Waals surface area contributed by atoms with Crippen LogP contribution in [0, 0.1) is 0 Å². The summed E-state index contributed by atoms with van der Waals surface area (Å²) in [4.78, 5) is 12.0. The van der Waals surface area contributed by atoms with Crippen LogP contribution in [0.5, 0.6) is 0 Å². The van der Waals surface area contributed by atoms with E-state index in [2.05, 4.69) is 32.0 Å². The zero-order valence-corrected chi connectivity index (χ0v) is 10.2. The van der Waals surface area contributed by atoms with Crippen LogP contribution >= 0.6 is 11.8 Å². The maximum absolute atomic E-state index is 12.0. The minimum atomic E-state index is 0.125. The Bertz CT molecular complexity index is 396. The molecule has 1 unspecified atom stereocenters. The summed E-state index contributed by atoms with van der Waals surface area (Å²) in [5.41, 5.74) is 3.42. The van der Waals surface area contributed by atoms with Gasteiger partial charge < -0.3 is 0 Å². The van der Waals surface area contributed by atoms with E-state index in [-0.39, 0.29) is 5.25 Å². The first-order chi connectivity index (χ1) is 7.09. The summed E-state index contributed by atoms with van der Waals surface area (Å²) in [5, 5.41) is 0.125. The molecule has 15 heavy (non-hydrogen) atoms. The van der Waals surface area contributed by atoms with Gasteiger partial charge in [-0.05, 0) is 30.0 Å². The molecule has 1 nitrogen and oxygen atoms in total. The Labute approximate surface area is 95.3 Å². The SMILES string of the molecule is CC1SCc2ccc(C(C)C)cc2C1=O. The van der Waals surface area contributed by atoms with Crippen molar-refractivity contribution in [3.63, 3.8) is 0 Å². The first kappa shape index (κ1) is 10.7. The van der Waals surface area contributed by atoms with E-state index in [1.165, 1.54) is 11.1 Å². The Morgan fingerprint density at radius 3 is 2.80 bits per heavy atom. The van der Waals surface area contributed by atoms with Crippen molar-refractivity contribution in [1.29, 1.82) is 0 Å². The predicted octanol–water partition coefficient (Wildman–Crippen LogP) is 3.63. The van der Waals surface area contributed by atoms with Gasteiger partial charge in [0.25, 0.3) is 0 Å². The van der Waals surface area contributed by atoms with Gasteiger partial charge in [-0.2, -0.15) is 0 Å². The minimum Gasteiger partial charge on any atom is -0.293 e. The number of rotatable bonds is 1. The number of ketones is 1. The Morgan fingerprint density at radius 2 is 2.13 bits per heavy atom. The average Bonchev–Trinajstić information content (AvgIpc) is 2.23. The second kappa shape index (κ2) is 4.01. The number of hydrogen-bond acceptors (Lipinski definition) is 2. The molecule has 1 aliphatic rings. The van der Waals surface area contributed by atoms with Gasteiger partial charge in [0.15, 0.2) is 5.78 Å². The highest BCUT2D eigenvalue weighted by molar-refractivity contribution is 8.00. The van der Waals surface area contributed by atoms with E-state index in [4.69, 9.17) is 0 Å². The summed E-state index contributed by atoms with van der Waals surface area (Å²) in [6.45, 7) is 6.32. The third-order valence-corrected chi connectivity index (χ3v) is 4.12. The van der Waals surface area contributed by atoms with Crippen molar-refractivity contribution in [3.05, 3.63) is 34.9 Å². The maximum Gasteiger partial charge on any atom is 0.175 e. The van der Waals surface area contributed by atoms with E-state index >= 15 is 0 Å². The van der Waals surface area contributed by atoms with Crippen LogP contribution in [0.25, 0.3) is 0 Å². The lowest BCUT2D eigenvalue weighted by molar-refractivity contribution is 0.0991. The summed E-state index contributed by atoms with van der Waals surface area (Å²) in [6, 6.07) is 6.34. The molecule has 1 aromatic rings. The molecular weight excluding hydrogens is 204 g/mol. The molecule has 80 valence electrons. The van der Waals surface area contributed by atoms with Crippen LogP contribution in [-0.4, -0.2) is 11.0 Å². The molecule has 0 fully saturated rings. The first-order valence-electron chi connectivity index (χ1n) is 5.38. The van der Waals surface area contributed by atoms with Gasteiger partial charge in [-0.25, -0.2) is 0 Å². The maximum atomic E-state index is 12.0. The van der Waals surface area contributed by atoms with Crippen molar-refractivity contribution in [1.82, 2.24) is 0 Å². The lowest BCUT2D eigenvalue weighted by Gasteiger charge is -2.21. The van der Waals surface area contributed by atoms with Gasteiger partial charge in [-0.1, -0.05) is 26.0 Å². The highest BCUT2D eigenvalue weighted by atomic mass is 32.2. The van der Waals surface area contributed by atoms with Gasteiger partial charge in [0, 0.05) is 11.3 Å². The third kappa shape index (κ3) is 1.96. The van der Waals surface area contributed by atoms with Crippen molar-refractivity contribution in [2.75, 3.05) is 0 Å². The topological polar surface area (TPSA) is 17.1 Å². The molecule has 0 amide bonds. The fourth-order valence-electron chi connectivity index (χ4n) is 1.82. The number of hydrogen-bond donors (Lipinski definition) is 0. The summed E-state index contributed by atoms with van der Waals surface area (Å²) in [5.74, 6) is 1.76. The van der Waals surface area contributed by atoms with E-state index in [0.29, 0.717) is 11.7 Å². The van der Waals surface area contributed by atoms with Crippen molar-refractivity contribution < 1.29 is 4.79 Å². The summed E-state index contributed by atoms with van der Waals surface area (Å²) in [7, 11) is 0. The molecule has 0 saturated heterocycles. The third-order valence-electron chi connectivity index (χ3n) is 2.92. The van der Waals surface area contributed by atoms with E-state index in [0.717, 1.165) is 11.3 Å². The molecule has 1 heterocycles. The Hall–Kier alpha value is -0.760. The fraction of sp³-hybridized carbons (Fsp3) is 0.462. The molecule has 2 heteroatoms. The highest BCUT2D eigenvalue weighted by Crippen LogP contribution is 2.31. The van der Waals surface area contributed by atoms with Crippen LogP contribution in [0.3, 0.4) is 0 Å². The molecule has 0 spiro atoms. The van der Waals surface area contributed by atoms with Gasteiger partial charge >= 0.3 is 0 Å². The van der Waals surface area contributed by atoms with Crippen LogP contribution in [0.15, 0.2) is 18.2 Å². The fourth-order valence-corrected chi connectivity index (χ4v) is 2.78. The molecule has 1 aromatic carbocycles. The first-order valence-corrected chi connectivity index (χ1v) is 6.43. The standard InChI is InChI=1S/C13H16OS/c1-8(2)10-4-5-11-7-15-9(3)13(14)12(11)6-10/h4-6,8-9H,7H2,1-3H3. The lowest BCUT2D eigenvalue weighted by atomic mass is 9.94. The molecule has 2 rings (SSSR count). The van der Waals surface area contributed by atoms with Crippen LogP contribution in [-0.2, 0) is 5.75 Å². The van der Waals surface area contributed by atoms with Crippen molar-refractivity contribution in [2.24, 2.45) is 0 Å². The van der Waals surface area contributed by atoms with Crippen molar-refractivity contribution >= 4 is 17.5 Å². The molecule has 1 aliphatic heterocycles. The van der Waals surface area contributed by atoms with Crippen LogP contribution < -0.4 is 0 Å². The smallest absolute Gasteiger partial charge is 0.175 e. The highest BCUT2D eigenvalue weighted by Gasteiger charge is 2.24. The lowest BCUT2D eigenvalue weighted by Crippen LogP contribution is -2.20. The zero-order valence-electron chi connectivity index (χ0n) is 9.41. The van der Waals surface area contributed by atoms with Gasteiger partial charge in [-0.3, -0.25) is 4.79 Å². The minimum absolute atomic E-state index is 0.125. The summed E-state index contributed by atoms with van der Waals surface area (Å²) in [6.07, 6.45) is 0. The van der Waals surface area contributed by atoms with E-state index in [1.807, 2.05) is 6.92 Å². The molecule has 0 aliphatic carbocycles. The van der Waals surface area contributed by atoms with Crippen LogP contribution in [0.2, 0.25) is 0 Å². The van der Waals surface area contributed by atoms with Gasteiger partial charge in [0.1, 0.15) is 0 Å². The number of carbonyl (C=O) groups is 1. The number of fused-ring (bicyclic) bond motifs is 1. The summed E-state index contributed by atoms with van der Waals surface area (Å²) >= 11 is 1.73. The second-order valence-electron chi connectivity index (χ2n) is 4.39. The molecule has 0 N–H and O–H groups in total. The number of Topliss-reactive ketones (excluding diaryl/α,β-unsaturated/α-hetero) is 1. The van der Waals surface area contributed by atoms with E-state index in [9.17, 15) is 4.79 Å². The largest absolute Gasteiger partial charge is 0.293 e. The Kier molecular flexibility index (Phi) is 2.87. The van der Waals surface area contributed by atoms with Crippen LogP contribution in [0.1, 0.15) is 48.2 Å². The Morgan fingerprint density at radius 1 is 1.40 bits per heavy atom. The van der Waals surface area contributed by atoms with Gasteiger partial charge in [0.05, 0.1) is 5.25 Å². The molecule has 0 aromatic heterocycles. The second-order valence-corrected chi connectivity index (χ2v) is 5.72. The quantitative estimate of drug-likeness (QED) is 0.719. The molecular formula is C13H16OS.